The molecule has 2 rings (SSSR count). The van der Waals surface area contributed by atoms with Gasteiger partial charge in [-0.15, -0.1) is 11.3 Å². The quantitative estimate of drug-likeness (QED) is 0.878. The number of thiazole rings is 1. The van der Waals surface area contributed by atoms with Gasteiger partial charge in [0.05, 0.1) is 23.1 Å². The third kappa shape index (κ3) is 2.31. The Morgan fingerprint density at radius 2 is 2.38 bits per heavy atom. The lowest BCUT2D eigenvalue weighted by atomic mass is 10.1. The lowest BCUT2D eigenvalue weighted by molar-refractivity contribution is 0.553. The number of nitrogens with zero attached hydrogens (tertiary/aromatic N) is 3. The highest BCUT2D eigenvalue weighted by Gasteiger charge is 2.14. The van der Waals surface area contributed by atoms with Gasteiger partial charge in [-0.2, -0.15) is 0 Å². The summed E-state index contributed by atoms with van der Waals surface area (Å²) in [4.78, 5) is 8.63. The summed E-state index contributed by atoms with van der Waals surface area (Å²) in [6.07, 6.45) is 4.64. The highest BCUT2D eigenvalue weighted by molar-refractivity contribution is 7.09. The lowest BCUT2D eigenvalue weighted by Gasteiger charge is -2.15. The van der Waals surface area contributed by atoms with E-state index in [2.05, 4.69) is 20.7 Å². The molecule has 0 saturated heterocycles. The Bertz CT molecular complexity index is 460. The first-order chi connectivity index (χ1) is 7.70. The van der Waals surface area contributed by atoms with Crippen molar-refractivity contribution >= 4 is 11.3 Å². The molecule has 0 aromatic carbocycles. The smallest absolute Gasteiger partial charge is 0.0947 e. The minimum atomic E-state index is 0.276. The second-order valence-electron chi connectivity index (χ2n) is 3.86. The average Bonchev–Trinajstić information content (AvgIpc) is 2.84. The van der Waals surface area contributed by atoms with E-state index in [4.69, 9.17) is 0 Å². The van der Waals surface area contributed by atoms with E-state index < -0.39 is 0 Å². The molecule has 0 bridgehead atoms. The maximum Gasteiger partial charge on any atom is 0.0947 e. The van der Waals surface area contributed by atoms with Crippen molar-refractivity contribution in [2.45, 2.75) is 19.4 Å². The average molecular weight is 236 g/mol. The van der Waals surface area contributed by atoms with Crippen molar-refractivity contribution in [1.82, 2.24) is 19.9 Å². The topological polar surface area (TPSA) is 42.7 Å². The van der Waals surface area contributed by atoms with E-state index in [0.717, 1.165) is 17.1 Å². The van der Waals surface area contributed by atoms with Crippen LogP contribution in [-0.4, -0.2) is 21.6 Å². The molecule has 4 nitrogen and oxygen atoms in total. The van der Waals surface area contributed by atoms with Crippen LogP contribution in [0.3, 0.4) is 0 Å². The van der Waals surface area contributed by atoms with Crippen molar-refractivity contribution in [1.29, 1.82) is 0 Å². The molecule has 0 fully saturated rings. The highest BCUT2D eigenvalue weighted by Crippen LogP contribution is 2.19. The first-order valence-corrected chi connectivity index (χ1v) is 6.13. The number of aromatic nitrogens is 3. The van der Waals surface area contributed by atoms with Crippen LogP contribution in [0, 0.1) is 6.92 Å². The summed E-state index contributed by atoms with van der Waals surface area (Å²) in [6, 6.07) is 0.276. The molecule has 1 atom stereocenters. The Labute approximate surface area is 99.4 Å². The molecular formula is C11H16N4S. The second kappa shape index (κ2) is 4.76. The van der Waals surface area contributed by atoms with E-state index >= 15 is 0 Å². The summed E-state index contributed by atoms with van der Waals surface area (Å²) < 4.78 is 2.04. The molecule has 1 unspecified atom stereocenters. The normalized spacial score (nSPS) is 12.9. The largest absolute Gasteiger partial charge is 0.336 e. The van der Waals surface area contributed by atoms with Crippen LogP contribution < -0.4 is 5.32 Å². The molecule has 0 spiro atoms. The molecule has 16 heavy (non-hydrogen) atoms. The zero-order chi connectivity index (χ0) is 11.5. The van der Waals surface area contributed by atoms with Crippen LogP contribution in [-0.2, 0) is 13.5 Å². The molecule has 0 aliphatic heterocycles. The summed E-state index contributed by atoms with van der Waals surface area (Å²) in [5.41, 5.74) is 2.29. The first-order valence-electron chi connectivity index (χ1n) is 5.25. The van der Waals surface area contributed by atoms with Crippen molar-refractivity contribution in [3.63, 3.8) is 0 Å². The predicted octanol–water partition coefficient (Wildman–Crippen LogP) is 1.69. The third-order valence-corrected chi connectivity index (χ3v) is 3.59. The number of aryl methyl sites for hydroxylation is 2. The van der Waals surface area contributed by atoms with Crippen LogP contribution in [0.1, 0.15) is 22.4 Å². The van der Waals surface area contributed by atoms with Gasteiger partial charge in [0.15, 0.2) is 0 Å². The van der Waals surface area contributed by atoms with Crippen LogP contribution in [0.15, 0.2) is 17.9 Å². The number of hydrogen-bond acceptors (Lipinski definition) is 4. The SMILES string of the molecule is CNC(Cc1nc(C)cs1)c1cncn1C. The van der Waals surface area contributed by atoms with Gasteiger partial charge in [-0.25, -0.2) is 9.97 Å². The predicted molar refractivity (Wildman–Crippen MR) is 65.6 cm³/mol. The molecular weight excluding hydrogens is 220 g/mol. The molecule has 0 aliphatic carbocycles. The Kier molecular flexibility index (Phi) is 3.36. The van der Waals surface area contributed by atoms with E-state index in [9.17, 15) is 0 Å². The maximum absolute atomic E-state index is 4.49. The van der Waals surface area contributed by atoms with Gasteiger partial charge in [0.2, 0.25) is 0 Å². The summed E-state index contributed by atoms with van der Waals surface area (Å²) in [7, 11) is 3.98. The maximum atomic E-state index is 4.49. The van der Waals surface area contributed by atoms with E-state index in [1.165, 1.54) is 5.69 Å². The summed E-state index contributed by atoms with van der Waals surface area (Å²) >= 11 is 1.72. The Balaban J connectivity index is 2.15. The van der Waals surface area contributed by atoms with E-state index in [1.54, 1.807) is 11.3 Å². The molecule has 2 heterocycles. The van der Waals surface area contributed by atoms with Gasteiger partial charge >= 0.3 is 0 Å². The second-order valence-corrected chi connectivity index (χ2v) is 4.80. The number of nitrogens with one attached hydrogen (secondary N) is 1. The number of hydrogen-bond donors (Lipinski definition) is 1. The lowest BCUT2D eigenvalue weighted by Crippen LogP contribution is -2.21. The highest BCUT2D eigenvalue weighted by atomic mass is 32.1. The molecule has 0 saturated carbocycles. The van der Waals surface area contributed by atoms with Crippen molar-refractivity contribution in [2.75, 3.05) is 7.05 Å². The van der Waals surface area contributed by atoms with Crippen LogP contribution >= 0.6 is 11.3 Å². The van der Waals surface area contributed by atoms with Crippen LogP contribution in [0.25, 0.3) is 0 Å². The van der Waals surface area contributed by atoms with Gasteiger partial charge in [-0.3, -0.25) is 0 Å². The van der Waals surface area contributed by atoms with E-state index in [1.807, 2.05) is 38.1 Å². The van der Waals surface area contributed by atoms with Gasteiger partial charge in [0, 0.05) is 30.7 Å². The fraction of sp³-hybridized carbons (Fsp3) is 0.455. The van der Waals surface area contributed by atoms with E-state index in [0.29, 0.717) is 0 Å². The minimum Gasteiger partial charge on any atom is -0.336 e. The molecule has 2 aromatic rings. The van der Waals surface area contributed by atoms with Gasteiger partial charge in [-0.05, 0) is 14.0 Å². The van der Waals surface area contributed by atoms with Crippen molar-refractivity contribution in [3.8, 4) is 0 Å². The zero-order valence-electron chi connectivity index (χ0n) is 9.77. The molecule has 0 amide bonds. The fourth-order valence-electron chi connectivity index (χ4n) is 1.73. The molecule has 1 N–H and O–H groups in total. The van der Waals surface area contributed by atoms with Crippen LogP contribution in [0.2, 0.25) is 0 Å². The van der Waals surface area contributed by atoms with E-state index in [-0.39, 0.29) is 6.04 Å². The van der Waals surface area contributed by atoms with Gasteiger partial charge in [-0.1, -0.05) is 0 Å². The van der Waals surface area contributed by atoms with Crippen LogP contribution in [0.4, 0.5) is 0 Å². The first kappa shape index (κ1) is 11.3. The van der Waals surface area contributed by atoms with Crippen molar-refractivity contribution < 1.29 is 0 Å². The fourth-order valence-corrected chi connectivity index (χ4v) is 2.55. The summed E-state index contributed by atoms with van der Waals surface area (Å²) in [5, 5.41) is 6.56. The zero-order valence-corrected chi connectivity index (χ0v) is 10.6. The third-order valence-electron chi connectivity index (χ3n) is 2.60. The van der Waals surface area contributed by atoms with Gasteiger partial charge < -0.3 is 9.88 Å². The molecule has 5 heteroatoms. The summed E-state index contributed by atoms with van der Waals surface area (Å²) in [6.45, 7) is 2.03. The summed E-state index contributed by atoms with van der Waals surface area (Å²) in [5.74, 6) is 0. The Morgan fingerprint density at radius 3 is 2.88 bits per heavy atom. The molecule has 86 valence electrons. The molecule has 0 radical (unpaired) electrons. The standard InChI is InChI=1S/C11H16N4S/c1-8-6-16-11(14-8)4-9(12-2)10-5-13-7-15(10)3/h5-7,9,12H,4H2,1-3H3. The Morgan fingerprint density at radius 1 is 1.56 bits per heavy atom. The number of rotatable bonds is 4. The number of imidazole rings is 1. The monoisotopic (exact) mass is 236 g/mol. The van der Waals surface area contributed by atoms with Gasteiger partial charge in [0.25, 0.3) is 0 Å². The number of likely N-dealkylation sites (N-methyl/N-ethyl adjacent to an activating group) is 1. The minimum absolute atomic E-state index is 0.276. The van der Waals surface area contributed by atoms with Crippen LogP contribution in [0.5, 0.6) is 0 Å². The van der Waals surface area contributed by atoms with Gasteiger partial charge in [0.1, 0.15) is 0 Å². The van der Waals surface area contributed by atoms with Crippen molar-refractivity contribution in [3.05, 3.63) is 34.3 Å². The molecule has 0 aliphatic rings. The Hall–Kier alpha value is -1.20. The van der Waals surface area contributed by atoms with Crippen molar-refractivity contribution in [2.24, 2.45) is 7.05 Å². The molecule has 2 aromatic heterocycles.